The molecule has 4 nitrogen and oxygen atoms in total. The predicted molar refractivity (Wildman–Crippen MR) is 101 cm³/mol. The monoisotopic (exact) mass is 365 g/mol. The van der Waals surface area contributed by atoms with E-state index in [1.54, 1.807) is 0 Å². The lowest BCUT2D eigenvalue weighted by atomic mass is 10.0. The van der Waals surface area contributed by atoms with E-state index in [0.717, 1.165) is 24.8 Å². The number of benzene rings is 1. The van der Waals surface area contributed by atoms with Crippen LogP contribution in [0.3, 0.4) is 0 Å². The van der Waals surface area contributed by atoms with E-state index in [0.29, 0.717) is 18.7 Å². The van der Waals surface area contributed by atoms with Crippen LogP contribution in [-0.4, -0.2) is 17.4 Å². The third kappa shape index (κ3) is 4.79. The summed E-state index contributed by atoms with van der Waals surface area (Å²) in [4.78, 5) is 18.3. The van der Waals surface area contributed by atoms with Crippen molar-refractivity contribution in [3.63, 3.8) is 0 Å². The van der Waals surface area contributed by atoms with E-state index < -0.39 is 0 Å². The number of carbonyl (C=O) groups is 1. The minimum Gasteiger partial charge on any atom is -0.352 e. The molecule has 0 bridgehead atoms. The summed E-state index contributed by atoms with van der Waals surface area (Å²) in [5, 5.41) is 4.20. The van der Waals surface area contributed by atoms with Crippen LogP contribution in [0, 0.1) is 0 Å². The average Bonchev–Trinajstić information content (AvgIpc) is 3.01. The highest BCUT2D eigenvalue weighted by atomic mass is 35.5. The smallest absolute Gasteiger partial charge is 0.251 e. The van der Waals surface area contributed by atoms with Gasteiger partial charge in [0.2, 0.25) is 0 Å². The second kappa shape index (κ2) is 9.16. The molecule has 0 fully saturated rings. The number of thiazole rings is 1. The van der Waals surface area contributed by atoms with Crippen LogP contribution in [0.4, 0.5) is 0 Å². The fraction of sp³-hybridized carbons (Fsp3) is 0.444. The maximum absolute atomic E-state index is 12.1. The summed E-state index contributed by atoms with van der Waals surface area (Å²) >= 11 is 1.86. The summed E-state index contributed by atoms with van der Waals surface area (Å²) in [5.41, 5.74) is 8.60. The molecular formula is C18H24ClN3OS. The van der Waals surface area contributed by atoms with Crippen molar-refractivity contribution in [2.75, 3.05) is 6.54 Å². The van der Waals surface area contributed by atoms with Gasteiger partial charge in [-0.2, -0.15) is 0 Å². The molecule has 6 heteroatoms. The second-order valence-electron chi connectivity index (χ2n) is 5.95. The SMILES string of the molecule is Cl.NCc1ccc(C(=O)NCCCc2nc3c(s2)CCCC3)cc1. The molecule has 3 N–H and O–H groups in total. The molecule has 3 rings (SSSR count). The molecule has 1 amide bonds. The summed E-state index contributed by atoms with van der Waals surface area (Å²) in [6.07, 6.45) is 6.79. The number of hydrogen-bond donors (Lipinski definition) is 2. The zero-order valence-corrected chi connectivity index (χ0v) is 15.3. The van der Waals surface area contributed by atoms with Crippen LogP contribution in [0.25, 0.3) is 0 Å². The summed E-state index contributed by atoms with van der Waals surface area (Å²) in [5.74, 6) is -0.0213. The Hall–Kier alpha value is -1.43. The van der Waals surface area contributed by atoms with Crippen molar-refractivity contribution in [3.8, 4) is 0 Å². The Kier molecular flexibility index (Phi) is 7.21. The van der Waals surface area contributed by atoms with Gasteiger partial charge in [-0.05, 0) is 49.8 Å². The van der Waals surface area contributed by atoms with Gasteiger partial charge in [-0.3, -0.25) is 4.79 Å². The van der Waals surface area contributed by atoms with Gasteiger partial charge in [-0.1, -0.05) is 12.1 Å². The van der Waals surface area contributed by atoms with E-state index in [2.05, 4.69) is 5.32 Å². The molecule has 1 aliphatic rings. The highest BCUT2D eigenvalue weighted by molar-refractivity contribution is 7.11. The van der Waals surface area contributed by atoms with Crippen molar-refractivity contribution in [1.29, 1.82) is 0 Å². The van der Waals surface area contributed by atoms with Crippen molar-refractivity contribution in [2.45, 2.75) is 45.1 Å². The van der Waals surface area contributed by atoms with Crippen LogP contribution in [-0.2, 0) is 25.8 Å². The number of hydrogen-bond acceptors (Lipinski definition) is 4. The maximum Gasteiger partial charge on any atom is 0.251 e. The van der Waals surface area contributed by atoms with E-state index in [1.807, 2.05) is 35.6 Å². The normalized spacial score (nSPS) is 13.0. The van der Waals surface area contributed by atoms with E-state index in [-0.39, 0.29) is 18.3 Å². The first-order chi connectivity index (χ1) is 11.3. The average molecular weight is 366 g/mol. The van der Waals surface area contributed by atoms with E-state index in [1.165, 1.54) is 34.8 Å². The van der Waals surface area contributed by atoms with Crippen LogP contribution in [0.1, 0.15) is 50.8 Å². The summed E-state index contributed by atoms with van der Waals surface area (Å²) < 4.78 is 0. The summed E-state index contributed by atoms with van der Waals surface area (Å²) in [7, 11) is 0. The van der Waals surface area contributed by atoms with Crippen LogP contribution in [0.2, 0.25) is 0 Å². The molecule has 0 saturated carbocycles. The Labute approximate surface area is 153 Å². The van der Waals surface area contributed by atoms with Crippen molar-refractivity contribution < 1.29 is 4.79 Å². The molecule has 0 atom stereocenters. The number of halogens is 1. The van der Waals surface area contributed by atoms with Crippen LogP contribution in [0.5, 0.6) is 0 Å². The zero-order chi connectivity index (χ0) is 16.1. The van der Waals surface area contributed by atoms with Gasteiger partial charge in [-0.25, -0.2) is 4.98 Å². The van der Waals surface area contributed by atoms with Gasteiger partial charge in [0, 0.05) is 30.0 Å². The maximum atomic E-state index is 12.1. The molecule has 0 saturated heterocycles. The number of fused-ring (bicyclic) bond motifs is 1. The molecule has 1 heterocycles. The first kappa shape index (κ1) is 18.9. The van der Waals surface area contributed by atoms with E-state index in [9.17, 15) is 4.79 Å². The van der Waals surface area contributed by atoms with Gasteiger partial charge in [0.05, 0.1) is 10.7 Å². The second-order valence-corrected chi connectivity index (χ2v) is 7.11. The highest BCUT2D eigenvalue weighted by Gasteiger charge is 2.14. The first-order valence-corrected chi connectivity index (χ1v) is 9.12. The Morgan fingerprint density at radius 1 is 1.21 bits per heavy atom. The standard InChI is InChI=1S/C18H23N3OS.ClH/c19-12-13-7-9-14(10-8-13)18(22)20-11-3-6-17-21-15-4-1-2-5-16(15)23-17;/h7-10H,1-6,11-12,19H2,(H,20,22);1H. The molecule has 0 aliphatic heterocycles. The van der Waals surface area contributed by atoms with Gasteiger partial charge in [0.25, 0.3) is 5.91 Å². The zero-order valence-electron chi connectivity index (χ0n) is 13.7. The number of rotatable bonds is 6. The van der Waals surface area contributed by atoms with Crippen LogP contribution in [0.15, 0.2) is 24.3 Å². The number of aryl methyl sites for hydroxylation is 3. The molecule has 0 spiro atoms. The molecule has 0 unspecified atom stereocenters. The van der Waals surface area contributed by atoms with Gasteiger partial charge < -0.3 is 11.1 Å². The largest absolute Gasteiger partial charge is 0.352 e. The number of carbonyl (C=O) groups excluding carboxylic acids is 1. The number of nitrogens with zero attached hydrogens (tertiary/aromatic N) is 1. The number of amides is 1. The highest BCUT2D eigenvalue weighted by Crippen LogP contribution is 2.27. The third-order valence-corrected chi connectivity index (χ3v) is 5.41. The van der Waals surface area contributed by atoms with Gasteiger partial charge >= 0.3 is 0 Å². The Bertz CT molecular complexity index is 646. The Balaban J connectivity index is 0.00000208. The Morgan fingerprint density at radius 2 is 1.96 bits per heavy atom. The molecule has 0 radical (unpaired) electrons. The molecule has 130 valence electrons. The topological polar surface area (TPSA) is 68.0 Å². The fourth-order valence-electron chi connectivity index (χ4n) is 2.85. The van der Waals surface area contributed by atoms with Crippen molar-refractivity contribution in [1.82, 2.24) is 10.3 Å². The number of aromatic nitrogens is 1. The lowest BCUT2D eigenvalue weighted by Gasteiger charge is -2.06. The summed E-state index contributed by atoms with van der Waals surface area (Å²) in [6, 6.07) is 7.45. The first-order valence-electron chi connectivity index (χ1n) is 8.31. The fourth-order valence-corrected chi connectivity index (χ4v) is 4.05. The molecule has 2 aromatic rings. The molecular weight excluding hydrogens is 342 g/mol. The van der Waals surface area contributed by atoms with Crippen molar-refractivity contribution in [3.05, 3.63) is 51.0 Å². The Morgan fingerprint density at radius 3 is 2.67 bits per heavy atom. The van der Waals surface area contributed by atoms with Crippen LogP contribution >= 0.6 is 23.7 Å². The lowest BCUT2D eigenvalue weighted by molar-refractivity contribution is 0.0953. The molecule has 1 aliphatic carbocycles. The van der Waals surface area contributed by atoms with E-state index >= 15 is 0 Å². The van der Waals surface area contributed by atoms with E-state index in [4.69, 9.17) is 10.7 Å². The van der Waals surface area contributed by atoms with Gasteiger partial charge in [0.1, 0.15) is 0 Å². The molecule has 1 aromatic heterocycles. The minimum absolute atomic E-state index is 0. The lowest BCUT2D eigenvalue weighted by Crippen LogP contribution is -2.24. The number of nitrogens with one attached hydrogen (secondary N) is 1. The van der Waals surface area contributed by atoms with Crippen molar-refractivity contribution >= 4 is 29.7 Å². The number of nitrogens with two attached hydrogens (primary N) is 1. The third-order valence-electron chi connectivity index (χ3n) is 4.19. The van der Waals surface area contributed by atoms with Crippen LogP contribution < -0.4 is 11.1 Å². The van der Waals surface area contributed by atoms with Crippen molar-refractivity contribution in [2.24, 2.45) is 5.73 Å². The molecule has 24 heavy (non-hydrogen) atoms. The predicted octanol–water partition coefficient (Wildman–Crippen LogP) is 3.27. The van der Waals surface area contributed by atoms with Gasteiger partial charge in [0.15, 0.2) is 0 Å². The summed E-state index contributed by atoms with van der Waals surface area (Å²) in [6.45, 7) is 1.18. The van der Waals surface area contributed by atoms with Gasteiger partial charge in [-0.15, -0.1) is 23.7 Å². The minimum atomic E-state index is -0.0213. The quantitative estimate of drug-likeness (QED) is 0.772. The molecule has 1 aromatic carbocycles.